The van der Waals surface area contributed by atoms with Crippen molar-refractivity contribution in [2.75, 3.05) is 6.26 Å². The molecule has 114 valence electrons. The van der Waals surface area contributed by atoms with E-state index >= 15 is 0 Å². The summed E-state index contributed by atoms with van der Waals surface area (Å²) < 4.78 is 43.9. The monoisotopic (exact) mass is 323 g/mol. The van der Waals surface area contributed by atoms with E-state index in [2.05, 4.69) is 9.44 Å². The van der Waals surface area contributed by atoms with Crippen molar-refractivity contribution in [3.05, 3.63) is 59.2 Å². The number of fused-ring (bicyclic) bond motifs is 3. The van der Waals surface area contributed by atoms with Crippen LogP contribution in [0.4, 0.5) is 13.2 Å². The standard InChI is InChI=1S/C16H12F3NOS/c1-22-21-20-15(16(17,18)19)11-6-7-14-12(9-11)8-10-4-2-3-5-13(10)14/h2-7,9H,8H2,1H3. The van der Waals surface area contributed by atoms with Crippen LogP contribution in [0.1, 0.15) is 16.7 Å². The van der Waals surface area contributed by atoms with Gasteiger partial charge in [-0.25, -0.2) is 0 Å². The van der Waals surface area contributed by atoms with Gasteiger partial charge in [0.2, 0.25) is 0 Å². The summed E-state index contributed by atoms with van der Waals surface area (Å²) in [6.07, 6.45) is -2.42. The van der Waals surface area contributed by atoms with Gasteiger partial charge in [-0.15, -0.1) is 0 Å². The Labute approximate surface area is 130 Å². The van der Waals surface area contributed by atoms with Crippen LogP contribution in [-0.2, 0) is 10.7 Å². The largest absolute Gasteiger partial charge is 0.437 e. The van der Waals surface area contributed by atoms with Crippen LogP contribution < -0.4 is 0 Å². The van der Waals surface area contributed by atoms with E-state index in [9.17, 15) is 13.2 Å². The summed E-state index contributed by atoms with van der Waals surface area (Å²) in [6, 6.07) is 12.5. The minimum atomic E-state index is -4.56. The van der Waals surface area contributed by atoms with Crippen LogP contribution in [0.25, 0.3) is 11.1 Å². The Morgan fingerprint density at radius 2 is 1.82 bits per heavy atom. The third-order valence-electron chi connectivity index (χ3n) is 3.54. The van der Waals surface area contributed by atoms with Gasteiger partial charge in [-0.3, -0.25) is 0 Å². The van der Waals surface area contributed by atoms with Gasteiger partial charge in [0.15, 0.2) is 5.71 Å². The third kappa shape index (κ3) is 2.70. The first-order chi connectivity index (χ1) is 10.5. The lowest BCUT2D eigenvalue weighted by molar-refractivity contribution is -0.0596. The van der Waals surface area contributed by atoms with Gasteiger partial charge >= 0.3 is 6.18 Å². The molecule has 0 spiro atoms. The topological polar surface area (TPSA) is 21.6 Å². The number of oxime groups is 1. The van der Waals surface area contributed by atoms with Crippen LogP contribution in [-0.4, -0.2) is 18.1 Å². The molecule has 3 rings (SSSR count). The van der Waals surface area contributed by atoms with Crippen molar-refractivity contribution in [1.29, 1.82) is 0 Å². The molecule has 0 amide bonds. The molecule has 1 aliphatic carbocycles. The van der Waals surface area contributed by atoms with Crippen molar-refractivity contribution in [3.63, 3.8) is 0 Å². The first-order valence-electron chi connectivity index (χ1n) is 6.57. The molecule has 2 aromatic carbocycles. The first kappa shape index (κ1) is 15.0. The van der Waals surface area contributed by atoms with Gasteiger partial charge in [-0.1, -0.05) is 41.6 Å². The SMILES string of the molecule is CSON=C(c1ccc2c(c1)Cc1ccccc1-2)C(F)(F)F. The minimum Gasteiger partial charge on any atom is -0.322 e. The molecule has 0 fully saturated rings. The Morgan fingerprint density at radius 1 is 1.09 bits per heavy atom. The van der Waals surface area contributed by atoms with Gasteiger partial charge in [-0.2, -0.15) is 13.2 Å². The molecule has 0 aliphatic heterocycles. The molecule has 2 aromatic rings. The molecule has 0 bridgehead atoms. The zero-order valence-electron chi connectivity index (χ0n) is 11.6. The number of benzene rings is 2. The average Bonchev–Trinajstić information content (AvgIpc) is 2.84. The first-order valence-corrected chi connectivity index (χ1v) is 7.72. The molecule has 0 unspecified atom stereocenters. The van der Waals surface area contributed by atoms with Crippen molar-refractivity contribution in [2.24, 2.45) is 5.16 Å². The summed E-state index contributed by atoms with van der Waals surface area (Å²) in [5, 5.41) is 3.21. The maximum atomic E-state index is 13.1. The van der Waals surface area contributed by atoms with E-state index in [1.807, 2.05) is 24.3 Å². The predicted octanol–water partition coefficient (Wildman–Crippen LogP) is 4.82. The van der Waals surface area contributed by atoms with Crippen molar-refractivity contribution < 1.29 is 17.5 Å². The molecule has 0 saturated carbocycles. The highest BCUT2D eigenvalue weighted by atomic mass is 32.2. The summed E-state index contributed by atoms with van der Waals surface area (Å²) >= 11 is 0.768. The summed E-state index contributed by atoms with van der Waals surface area (Å²) in [5.74, 6) is 0. The van der Waals surface area contributed by atoms with E-state index in [1.54, 1.807) is 12.1 Å². The van der Waals surface area contributed by atoms with Crippen LogP contribution in [0.3, 0.4) is 0 Å². The molecule has 0 radical (unpaired) electrons. The molecule has 2 nitrogen and oxygen atoms in total. The fourth-order valence-electron chi connectivity index (χ4n) is 2.64. The maximum absolute atomic E-state index is 13.1. The van der Waals surface area contributed by atoms with E-state index in [1.165, 1.54) is 12.3 Å². The van der Waals surface area contributed by atoms with E-state index in [4.69, 9.17) is 0 Å². The fraction of sp³-hybridized carbons (Fsp3) is 0.188. The highest BCUT2D eigenvalue weighted by molar-refractivity contribution is 7.93. The van der Waals surface area contributed by atoms with Crippen LogP contribution in [0, 0.1) is 0 Å². The van der Waals surface area contributed by atoms with Gasteiger partial charge in [-0.05, 0) is 34.7 Å². The van der Waals surface area contributed by atoms with Crippen LogP contribution in [0.15, 0.2) is 47.6 Å². The van der Waals surface area contributed by atoms with Crippen molar-refractivity contribution >= 4 is 17.8 Å². The normalized spacial score (nSPS) is 13.7. The molecule has 0 N–H and O–H groups in total. The number of alkyl halides is 3. The molecule has 0 aromatic heterocycles. The third-order valence-corrected chi connectivity index (χ3v) is 3.76. The lowest BCUT2D eigenvalue weighted by Gasteiger charge is -2.11. The molecule has 0 heterocycles. The zero-order chi connectivity index (χ0) is 15.7. The highest BCUT2D eigenvalue weighted by Gasteiger charge is 2.38. The summed E-state index contributed by atoms with van der Waals surface area (Å²) in [7, 11) is 0. The molecule has 6 heteroatoms. The predicted molar refractivity (Wildman–Crippen MR) is 81.9 cm³/mol. The summed E-state index contributed by atoms with van der Waals surface area (Å²) in [6.45, 7) is 0. The average molecular weight is 323 g/mol. The Morgan fingerprint density at radius 3 is 2.55 bits per heavy atom. The quantitative estimate of drug-likeness (QED) is 0.391. The van der Waals surface area contributed by atoms with Crippen LogP contribution in [0.2, 0.25) is 0 Å². The van der Waals surface area contributed by atoms with Gasteiger partial charge in [0.1, 0.15) is 0 Å². The smallest absolute Gasteiger partial charge is 0.322 e. The molecule has 1 aliphatic rings. The number of halogens is 3. The number of nitrogens with zero attached hydrogens (tertiary/aromatic N) is 1. The molecule has 22 heavy (non-hydrogen) atoms. The highest BCUT2D eigenvalue weighted by Crippen LogP contribution is 2.37. The van der Waals surface area contributed by atoms with Gasteiger partial charge in [0.25, 0.3) is 0 Å². The van der Waals surface area contributed by atoms with Crippen molar-refractivity contribution in [3.8, 4) is 11.1 Å². The van der Waals surface area contributed by atoms with E-state index in [0.29, 0.717) is 6.42 Å². The Hall–Kier alpha value is -1.95. The lowest BCUT2D eigenvalue weighted by Crippen LogP contribution is -2.24. The van der Waals surface area contributed by atoms with Crippen molar-refractivity contribution in [2.45, 2.75) is 12.6 Å². The summed E-state index contributed by atoms with van der Waals surface area (Å²) in [4.78, 5) is 0. The second-order valence-corrected chi connectivity index (χ2v) is 5.37. The van der Waals surface area contributed by atoms with E-state index in [0.717, 1.165) is 34.3 Å². The fourth-order valence-corrected chi connectivity index (χ4v) is 2.78. The van der Waals surface area contributed by atoms with E-state index < -0.39 is 11.9 Å². The molecule has 0 atom stereocenters. The Balaban J connectivity index is 2.03. The van der Waals surface area contributed by atoms with Gasteiger partial charge in [0, 0.05) is 11.8 Å². The molecule has 0 saturated heterocycles. The summed E-state index contributed by atoms with van der Waals surface area (Å²) in [5.41, 5.74) is 3.07. The Bertz CT molecular complexity index is 740. The van der Waals surface area contributed by atoms with Gasteiger partial charge < -0.3 is 4.28 Å². The molecular formula is C16H12F3NOS. The maximum Gasteiger partial charge on any atom is 0.437 e. The Kier molecular flexibility index (Phi) is 3.87. The number of hydrogen-bond acceptors (Lipinski definition) is 3. The lowest BCUT2D eigenvalue weighted by atomic mass is 10.0. The second-order valence-electron chi connectivity index (χ2n) is 4.88. The minimum absolute atomic E-state index is 0.0214. The van der Waals surface area contributed by atoms with Crippen molar-refractivity contribution in [1.82, 2.24) is 0 Å². The van der Waals surface area contributed by atoms with Gasteiger partial charge in [0.05, 0.1) is 12.0 Å². The van der Waals surface area contributed by atoms with Crippen LogP contribution in [0.5, 0.6) is 0 Å². The number of rotatable bonds is 3. The molecular weight excluding hydrogens is 311 g/mol. The number of hydrogen-bond donors (Lipinski definition) is 0. The van der Waals surface area contributed by atoms with Crippen LogP contribution >= 0.6 is 12.0 Å². The zero-order valence-corrected chi connectivity index (χ0v) is 12.5. The van der Waals surface area contributed by atoms with E-state index in [-0.39, 0.29) is 5.56 Å². The second kappa shape index (κ2) is 5.68.